The van der Waals surface area contributed by atoms with E-state index in [1.807, 2.05) is 29.2 Å². The van der Waals surface area contributed by atoms with Crippen LogP contribution in [0.1, 0.15) is 5.56 Å². The van der Waals surface area contributed by atoms with E-state index in [0.717, 1.165) is 16.5 Å². The topological polar surface area (TPSA) is 56.7 Å². The van der Waals surface area contributed by atoms with Crippen LogP contribution in [0.3, 0.4) is 0 Å². The summed E-state index contributed by atoms with van der Waals surface area (Å²) in [7, 11) is 0. The van der Waals surface area contributed by atoms with Crippen LogP contribution in [-0.2, 0) is 6.54 Å². The lowest BCUT2D eigenvalue weighted by molar-refractivity contribution is 0.693. The lowest BCUT2D eigenvalue weighted by Gasteiger charge is -2.05. The molecule has 0 radical (unpaired) electrons. The number of anilines is 1. The number of rotatable bonds is 2. The van der Waals surface area contributed by atoms with Gasteiger partial charge in [-0.2, -0.15) is 5.10 Å². The van der Waals surface area contributed by atoms with Crippen LogP contribution in [-0.4, -0.2) is 14.8 Å². The van der Waals surface area contributed by atoms with E-state index in [1.165, 1.54) is 0 Å². The molecule has 3 rings (SSSR count). The van der Waals surface area contributed by atoms with Crippen molar-refractivity contribution in [1.82, 2.24) is 14.8 Å². The van der Waals surface area contributed by atoms with Crippen LogP contribution in [0, 0.1) is 0 Å². The number of pyridine rings is 1. The Kier molecular flexibility index (Phi) is 2.26. The minimum Gasteiger partial charge on any atom is -0.382 e. The highest BCUT2D eigenvalue weighted by molar-refractivity contribution is 5.81. The average molecular weight is 224 g/mol. The number of hydrogen-bond acceptors (Lipinski definition) is 3. The van der Waals surface area contributed by atoms with Gasteiger partial charge in [-0.05, 0) is 17.7 Å². The summed E-state index contributed by atoms with van der Waals surface area (Å²) < 4.78 is 1.82. The number of nitrogens with zero attached hydrogens (tertiary/aromatic N) is 3. The Morgan fingerprint density at radius 1 is 1.12 bits per heavy atom. The molecule has 17 heavy (non-hydrogen) atoms. The molecule has 4 heteroatoms. The summed E-state index contributed by atoms with van der Waals surface area (Å²) in [4.78, 5) is 4.41. The fourth-order valence-corrected chi connectivity index (χ4v) is 1.93. The Morgan fingerprint density at radius 2 is 2.00 bits per heavy atom. The van der Waals surface area contributed by atoms with Crippen molar-refractivity contribution in [3.05, 3.63) is 54.4 Å². The molecule has 0 bridgehead atoms. The van der Waals surface area contributed by atoms with Gasteiger partial charge in [0.2, 0.25) is 0 Å². The van der Waals surface area contributed by atoms with E-state index >= 15 is 0 Å². The van der Waals surface area contributed by atoms with E-state index < -0.39 is 0 Å². The van der Waals surface area contributed by atoms with Gasteiger partial charge in [-0.25, -0.2) is 0 Å². The molecule has 0 amide bonds. The lowest BCUT2D eigenvalue weighted by atomic mass is 10.1. The molecular formula is C13H12N4. The number of nitrogens with two attached hydrogens (primary N) is 1. The first kappa shape index (κ1) is 9.84. The standard InChI is InChI=1S/C13H12N4/c14-12-6-8-17(16-12)9-11-4-1-3-10-5-2-7-15-13(10)11/h1-8H,9H2,(H2,14,16). The zero-order chi connectivity index (χ0) is 11.7. The Morgan fingerprint density at radius 3 is 2.82 bits per heavy atom. The minimum absolute atomic E-state index is 0.540. The van der Waals surface area contributed by atoms with E-state index in [0.29, 0.717) is 12.4 Å². The third-order valence-electron chi connectivity index (χ3n) is 2.71. The van der Waals surface area contributed by atoms with Crippen molar-refractivity contribution < 1.29 is 0 Å². The zero-order valence-electron chi connectivity index (χ0n) is 9.24. The lowest BCUT2D eigenvalue weighted by Crippen LogP contribution is -2.02. The summed E-state index contributed by atoms with van der Waals surface area (Å²) in [5.41, 5.74) is 7.76. The molecule has 0 saturated heterocycles. The second kappa shape index (κ2) is 3.90. The maximum Gasteiger partial charge on any atom is 0.145 e. The molecule has 84 valence electrons. The molecule has 4 nitrogen and oxygen atoms in total. The second-order valence-corrected chi connectivity index (χ2v) is 3.93. The number of nitrogen functional groups attached to an aromatic ring is 1. The van der Waals surface area contributed by atoms with E-state index in [9.17, 15) is 0 Å². The van der Waals surface area contributed by atoms with Crippen LogP contribution in [0.2, 0.25) is 0 Å². The van der Waals surface area contributed by atoms with Crippen molar-refractivity contribution in [2.75, 3.05) is 5.73 Å². The quantitative estimate of drug-likeness (QED) is 0.724. The van der Waals surface area contributed by atoms with Crippen molar-refractivity contribution in [3.63, 3.8) is 0 Å². The molecule has 2 aromatic heterocycles. The Bertz CT molecular complexity index is 652. The average Bonchev–Trinajstić information content (AvgIpc) is 2.75. The molecule has 0 fully saturated rings. The fourth-order valence-electron chi connectivity index (χ4n) is 1.93. The van der Waals surface area contributed by atoms with E-state index in [1.54, 1.807) is 6.07 Å². The molecule has 0 saturated carbocycles. The van der Waals surface area contributed by atoms with Gasteiger partial charge in [0.05, 0.1) is 12.1 Å². The van der Waals surface area contributed by atoms with Crippen LogP contribution in [0.25, 0.3) is 10.9 Å². The van der Waals surface area contributed by atoms with Gasteiger partial charge in [-0.3, -0.25) is 9.67 Å². The molecular weight excluding hydrogens is 212 g/mol. The van der Waals surface area contributed by atoms with Crippen molar-refractivity contribution >= 4 is 16.7 Å². The van der Waals surface area contributed by atoms with Gasteiger partial charge < -0.3 is 5.73 Å². The van der Waals surface area contributed by atoms with Crippen LogP contribution >= 0.6 is 0 Å². The summed E-state index contributed by atoms with van der Waals surface area (Å²) in [6.45, 7) is 0.686. The van der Waals surface area contributed by atoms with Gasteiger partial charge in [0.25, 0.3) is 0 Å². The largest absolute Gasteiger partial charge is 0.382 e. The van der Waals surface area contributed by atoms with Crippen molar-refractivity contribution in [3.8, 4) is 0 Å². The van der Waals surface area contributed by atoms with Crippen LogP contribution in [0.15, 0.2) is 48.8 Å². The SMILES string of the molecule is Nc1ccn(Cc2cccc3cccnc23)n1. The predicted molar refractivity (Wildman–Crippen MR) is 67.5 cm³/mol. The second-order valence-electron chi connectivity index (χ2n) is 3.93. The smallest absolute Gasteiger partial charge is 0.145 e. The normalized spacial score (nSPS) is 10.8. The van der Waals surface area contributed by atoms with Crippen LogP contribution in [0.5, 0.6) is 0 Å². The van der Waals surface area contributed by atoms with Gasteiger partial charge in [0, 0.05) is 17.8 Å². The summed E-state index contributed by atoms with van der Waals surface area (Å²) in [5, 5.41) is 5.32. The summed E-state index contributed by atoms with van der Waals surface area (Å²) in [6, 6.07) is 11.9. The third kappa shape index (κ3) is 1.85. The van der Waals surface area contributed by atoms with Gasteiger partial charge in [0.1, 0.15) is 5.82 Å². The first-order valence-electron chi connectivity index (χ1n) is 5.44. The highest BCUT2D eigenvalue weighted by Gasteiger charge is 2.03. The molecule has 0 aliphatic heterocycles. The summed E-state index contributed by atoms with van der Waals surface area (Å²) in [6.07, 6.45) is 3.68. The summed E-state index contributed by atoms with van der Waals surface area (Å²) >= 11 is 0. The number of para-hydroxylation sites is 1. The molecule has 2 heterocycles. The maximum atomic E-state index is 5.60. The Labute approximate surface area is 98.7 Å². The number of fused-ring (bicyclic) bond motifs is 1. The van der Waals surface area contributed by atoms with Crippen molar-refractivity contribution in [2.24, 2.45) is 0 Å². The fraction of sp³-hybridized carbons (Fsp3) is 0.0769. The van der Waals surface area contributed by atoms with Crippen molar-refractivity contribution in [1.29, 1.82) is 0 Å². The van der Waals surface area contributed by atoms with Crippen LogP contribution in [0.4, 0.5) is 5.82 Å². The van der Waals surface area contributed by atoms with Crippen molar-refractivity contribution in [2.45, 2.75) is 6.54 Å². The number of benzene rings is 1. The summed E-state index contributed by atoms with van der Waals surface area (Å²) in [5.74, 6) is 0.540. The van der Waals surface area contributed by atoms with Gasteiger partial charge in [-0.15, -0.1) is 0 Å². The van der Waals surface area contributed by atoms with Gasteiger partial charge >= 0.3 is 0 Å². The molecule has 0 aliphatic carbocycles. The van der Waals surface area contributed by atoms with E-state index in [-0.39, 0.29) is 0 Å². The highest BCUT2D eigenvalue weighted by atomic mass is 15.3. The van der Waals surface area contributed by atoms with Crippen LogP contribution < -0.4 is 5.73 Å². The highest BCUT2D eigenvalue weighted by Crippen LogP contribution is 2.16. The molecule has 1 aromatic carbocycles. The van der Waals surface area contributed by atoms with E-state index in [4.69, 9.17) is 5.73 Å². The number of aromatic nitrogens is 3. The minimum atomic E-state index is 0.540. The van der Waals surface area contributed by atoms with Gasteiger partial charge in [-0.1, -0.05) is 24.3 Å². The van der Waals surface area contributed by atoms with E-state index in [2.05, 4.69) is 28.3 Å². The molecule has 3 aromatic rings. The first-order valence-corrected chi connectivity index (χ1v) is 5.44. The maximum absolute atomic E-state index is 5.60. The predicted octanol–water partition coefficient (Wildman–Crippen LogP) is 2.06. The Balaban J connectivity index is 2.05. The molecule has 0 spiro atoms. The third-order valence-corrected chi connectivity index (χ3v) is 2.71. The molecule has 0 atom stereocenters. The first-order chi connectivity index (χ1) is 8.33. The molecule has 2 N–H and O–H groups in total. The molecule has 0 aliphatic rings. The monoisotopic (exact) mass is 224 g/mol. The zero-order valence-corrected chi connectivity index (χ0v) is 9.24. The molecule has 0 unspecified atom stereocenters. The number of hydrogen-bond donors (Lipinski definition) is 1. The Hall–Kier alpha value is -2.36. The van der Waals surface area contributed by atoms with Gasteiger partial charge in [0.15, 0.2) is 0 Å².